The second-order valence-corrected chi connectivity index (χ2v) is 6.56. The van der Waals surface area contributed by atoms with Crippen LogP contribution in [0.1, 0.15) is 60.7 Å². The van der Waals surface area contributed by atoms with Gasteiger partial charge in [0.2, 0.25) is 0 Å². The molecule has 2 amide bonds. The average Bonchev–Trinajstić information content (AvgIpc) is 3.22. The van der Waals surface area contributed by atoms with E-state index in [1.165, 1.54) is 0 Å². The second-order valence-electron chi connectivity index (χ2n) is 6.56. The molecule has 0 spiro atoms. The zero-order valence-corrected chi connectivity index (χ0v) is 14.5. The highest BCUT2D eigenvalue weighted by atomic mass is 16.5. The number of aromatic amines is 1. The number of H-pyrrole nitrogens is 1. The van der Waals surface area contributed by atoms with Gasteiger partial charge in [-0.25, -0.2) is 4.79 Å². The zero-order valence-electron chi connectivity index (χ0n) is 14.5. The number of hydrogen-bond donors (Lipinski definition) is 2. The maximum Gasteiger partial charge on any atom is 0.317 e. The van der Waals surface area contributed by atoms with Crippen LogP contribution in [0.2, 0.25) is 0 Å². The fourth-order valence-electron chi connectivity index (χ4n) is 3.60. The molecule has 1 aliphatic heterocycles. The molecule has 2 aromatic heterocycles. The van der Waals surface area contributed by atoms with Crippen LogP contribution in [0, 0.1) is 13.8 Å². The van der Waals surface area contributed by atoms with Crippen molar-refractivity contribution in [3.63, 3.8) is 0 Å². The van der Waals surface area contributed by atoms with E-state index in [-0.39, 0.29) is 18.0 Å². The Morgan fingerprint density at radius 2 is 2.33 bits per heavy atom. The van der Waals surface area contributed by atoms with Crippen LogP contribution in [0.5, 0.6) is 0 Å². The van der Waals surface area contributed by atoms with Crippen LogP contribution in [0.25, 0.3) is 0 Å². The fraction of sp³-hybridized carbons (Fsp3) is 0.588. The Hall–Kier alpha value is -2.31. The first-order valence-electron chi connectivity index (χ1n) is 8.54. The molecule has 2 N–H and O–H groups in total. The molecule has 0 bridgehead atoms. The van der Waals surface area contributed by atoms with Gasteiger partial charge < -0.3 is 14.7 Å². The lowest BCUT2D eigenvalue weighted by molar-refractivity contribution is 0.151. The number of hydrogen-bond acceptors (Lipinski definition) is 4. The van der Waals surface area contributed by atoms with Crippen LogP contribution in [0.15, 0.2) is 16.9 Å². The molecule has 130 valence electrons. The molecule has 2 aromatic rings. The number of nitrogens with one attached hydrogen (secondary N) is 2. The van der Waals surface area contributed by atoms with E-state index in [0.717, 1.165) is 48.4 Å². The molecule has 24 heavy (non-hydrogen) atoms. The Morgan fingerprint density at radius 3 is 3.00 bits per heavy atom. The number of nitrogens with zero attached hydrogens (tertiary/aromatic N) is 3. The molecule has 0 aromatic carbocycles. The van der Waals surface area contributed by atoms with Crippen LogP contribution >= 0.6 is 0 Å². The maximum atomic E-state index is 12.7. The largest absolute Gasteiger partial charge is 0.361 e. The van der Waals surface area contributed by atoms with Crippen molar-refractivity contribution in [1.82, 2.24) is 25.6 Å². The third-order valence-electron chi connectivity index (χ3n) is 4.81. The molecule has 2 atom stereocenters. The first-order chi connectivity index (χ1) is 11.6. The van der Waals surface area contributed by atoms with Crippen molar-refractivity contribution in [3.05, 3.63) is 35.0 Å². The minimum absolute atomic E-state index is 0.0143. The number of likely N-dealkylation sites (tertiary alicyclic amines) is 1. The molecule has 7 heteroatoms. The number of aromatic nitrogens is 3. The van der Waals surface area contributed by atoms with E-state index in [1.807, 2.05) is 31.1 Å². The summed E-state index contributed by atoms with van der Waals surface area (Å²) < 4.78 is 5.22. The molecule has 1 saturated heterocycles. The van der Waals surface area contributed by atoms with Crippen LogP contribution in [0.3, 0.4) is 0 Å². The van der Waals surface area contributed by atoms with Crippen LogP contribution < -0.4 is 5.32 Å². The standard InChI is InChI=1S/C17H25N5O2/c1-11(16-12(2)21-24-13(16)3)8-18-17(23)22-7-5-4-6-15(22)14-9-19-20-10-14/h9-11,15H,4-8H2,1-3H3,(H,18,23)(H,19,20). The second kappa shape index (κ2) is 7.07. The Morgan fingerprint density at radius 1 is 1.50 bits per heavy atom. The summed E-state index contributed by atoms with van der Waals surface area (Å²) in [5.74, 6) is 0.987. The highest BCUT2D eigenvalue weighted by Crippen LogP contribution is 2.30. The van der Waals surface area contributed by atoms with Gasteiger partial charge in [-0.3, -0.25) is 5.10 Å². The van der Waals surface area contributed by atoms with E-state index >= 15 is 0 Å². The topological polar surface area (TPSA) is 87.1 Å². The molecule has 0 saturated carbocycles. The quantitative estimate of drug-likeness (QED) is 0.901. The molecular weight excluding hydrogens is 306 g/mol. The molecule has 7 nitrogen and oxygen atoms in total. The third kappa shape index (κ3) is 3.29. The van der Waals surface area contributed by atoms with Gasteiger partial charge in [0.1, 0.15) is 5.76 Å². The summed E-state index contributed by atoms with van der Waals surface area (Å²) in [6, 6.07) is 0.0892. The minimum Gasteiger partial charge on any atom is -0.361 e. The predicted molar refractivity (Wildman–Crippen MR) is 89.7 cm³/mol. The van der Waals surface area contributed by atoms with Crippen LogP contribution in [-0.2, 0) is 0 Å². The first-order valence-corrected chi connectivity index (χ1v) is 8.54. The summed E-state index contributed by atoms with van der Waals surface area (Å²) >= 11 is 0. The van der Waals surface area contributed by atoms with Crippen LogP contribution in [0.4, 0.5) is 4.79 Å². The maximum absolute atomic E-state index is 12.7. The Labute approximate surface area is 141 Å². The molecule has 1 fully saturated rings. The molecule has 0 radical (unpaired) electrons. The molecule has 3 rings (SSSR count). The van der Waals surface area contributed by atoms with Crippen molar-refractivity contribution in [2.24, 2.45) is 0 Å². The molecule has 0 aliphatic carbocycles. The number of urea groups is 1. The predicted octanol–water partition coefficient (Wildman–Crippen LogP) is 3.05. The summed E-state index contributed by atoms with van der Waals surface area (Å²) in [7, 11) is 0. The molecular formula is C17H25N5O2. The van der Waals surface area contributed by atoms with Crippen molar-refractivity contribution >= 4 is 6.03 Å². The van der Waals surface area contributed by atoms with Crippen molar-refractivity contribution in [1.29, 1.82) is 0 Å². The van der Waals surface area contributed by atoms with Gasteiger partial charge in [0, 0.05) is 36.3 Å². The highest BCUT2D eigenvalue weighted by Gasteiger charge is 2.29. The van der Waals surface area contributed by atoms with Crippen molar-refractivity contribution in [2.75, 3.05) is 13.1 Å². The Bertz CT molecular complexity index is 660. The van der Waals surface area contributed by atoms with Gasteiger partial charge >= 0.3 is 6.03 Å². The summed E-state index contributed by atoms with van der Waals surface area (Å²) in [4.78, 5) is 14.6. The summed E-state index contributed by atoms with van der Waals surface area (Å²) in [5, 5.41) is 13.9. The normalized spacial score (nSPS) is 19.3. The summed E-state index contributed by atoms with van der Waals surface area (Å²) in [6.07, 6.45) is 6.84. The minimum atomic E-state index is -0.0143. The third-order valence-corrected chi connectivity index (χ3v) is 4.81. The van der Waals surface area contributed by atoms with Gasteiger partial charge in [-0.1, -0.05) is 12.1 Å². The summed E-state index contributed by atoms with van der Waals surface area (Å²) in [5.41, 5.74) is 3.05. The van der Waals surface area contributed by atoms with E-state index in [2.05, 4.69) is 27.6 Å². The van der Waals surface area contributed by atoms with E-state index in [0.29, 0.717) is 6.54 Å². The Balaban J connectivity index is 1.63. The number of rotatable bonds is 4. The van der Waals surface area contributed by atoms with Crippen molar-refractivity contribution in [2.45, 2.75) is 52.0 Å². The van der Waals surface area contributed by atoms with Crippen molar-refractivity contribution < 1.29 is 9.32 Å². The van der Waals surface area contributed by atoms with E-state index in [9.17, 15) is 4.79 Å². The first kappa shape index (κ1) is 16.5. The lowest BCUT2D eigenvalue weighted by Crippen LogP contribution is -2.45. The zero-order chi connectivity index (χ0) is 17.1. The average molecular weight is 331 g/mol. The van der Waals surface area contributed by atoms with E-state index in [4.69, 9.17) is 4.52 Å². The molecule has 3 heterocycles. The van der Waals surface area contributed by atoms with Gasteiger partial charge in [0.05, 0.1) is 17.9 Å². The van der Waals surface area contributed by atoms with Gasteiger partial charge in [-0.05, 0) is 33.1 Å². The molecule has 1 aliphatic rings. The van der Waals surface area contributed by atoms with E-state index < -0.39 is 0 Å². The monoisotopic (exact) mass is 331 g/mol. The van der Waals surface area contributed by atoms with Gasteiger partial charge in [-0.2, -0.15) is 5.10 Å². The van der Waals surface area contributed by atoms with Gasteiger partial charge in [-0.15, -0.1) is 0 Å². The highest BCUT2D eigenvalue weighted by molar-refractivity contribution is 5.75. The molecule has 2 unspecified atom stereocenters. The SMILES string of the molecule is Cc1noc(C)c1C(C)CNC(=O)N1CCCCC1c1cn[nH]c1. The van der Waals surface area contributed by atoms with Crippen molar-refractivity contribution in [3.8, 4) is 0 Å². The smallest absolute Gasteiger partial charge is 0.317 e. The van der Waals surface area contributed by atoms with E-state index in [1.54, 1.807) is 0 Å². The van der Waals surface area contributed by atoms with Gasteiger partial charge in [0.25, 0.3) is 0 Å². The summed E-state index contributed by atoms with van der Waals surface area (Å²) in [6.45, 7) is 7.27. The van der Waals surface area contributed by atoms with Crippen LogP contribution in [-0.4, -0.2) is 39.4 Å². The number of carbonyl (C=O) groups excluding carboxylic acids is 1. The number of aryl methyl sites for hydroxylation is 2. The lowest BCUT2D eigenvalue weighted by atomic mass is 9.97. The van der Waals surface area contributed by atoms with Gasteiger partial charge in [0.15, 0.2) is 0 Å². The fourth-order valence-corrected chi connectivity index (χ4v) is 3.60. The number of amides is 2. The number of carbonyl (C=O) groups is 1. The Kier molecular flexibility index (Phi) is 4.87. The number of piperidine rings is 1. The lowest BCUT2D eigenvalue weighted by Gasteiger charge is -2.35.